The van der Waals surface area contributed by atoms with Gasteiger partial charge in [0.05, 0.1) is 13.2 Å². The zero-order chi connectivity index (χ0) is 18.1. The molecule has 1 saturated heterocycles. The average molecular weight is 349 g/mol. The third-order valence-corrected chi connectivity index (χ3v) is 4.12. The molecule has 0 radical (unpaired) electrons. The lowest BCUT2D eigenvalue weighted by atomic mass is 10.0. The Hall–Kier alpha value is -2.28. The number of ether oxygens (including phenoxy) is 2. The molecule has 0 aromatic heterocycles. The van der Waals surface area contributed by atoms with Crippen LogP contribution in [0.25, 0.3) is 0 Å². The number of amides is 3. The monoisotopic (exact) mass is 349 g/mol. The number of hydrogen-bond donors (Lipinski definition) is 2. The summed E-state index contributed by atoms with van der Waals surface area (Å²) < 4.78 is 10.3. The van der Waals surface area contributed by atoms with Crippen molar-refractivity contribution in [1.82, 2.24) is 15.5 Å². The van der Waals surface area contributed by atoms with Crippen molar-refractivity contribution >= 4 is 11.9 Å². The summed E-state index contributed by atoms with van der Waals surface area (Å²) in [6.07, 6.45) is 1.50. The second-order valence-corrected chi connectivity index (χ2v) is 5.92. The maximum Gasteiger partial charge on any atom is 0.315 e. The van der Waals surface area contributed by atoms with Crippen molar-refractivity contribution in [3.8, 4) is 5.75 Å². The van der Waals surface area contributed by atoms with Gasteiger partial charge in [0.15, 0.2) is 0 Å². The zero-order valence-corrected chi connectivity index (χ0v) is 14.9. The van der Waals surface area contributed by atoms with E-state index in [9.17, 15) is 9.59 Å². The zero-order valence-electron chi connectivity index (χ0n) is 14.9. The largest absolute Gasteiger partial charge is 0.494 e. The predicted molar refractivity (Wildman–Crippen MR) is 94.9 cm³/mol. The minimum absolute atomic E-state index is 0.0195. The van der Waals surface area contributed by atoms with Crippen LogP contribution >= 0.6 is 0 Å². The Morgan fingerprint density at radius 2 is 1.88 bits per heavy atom. The number of benzene rings is 1. The van der Waals surface area contributed by atoms with Crippen LogP contribution in [0.3, 0.4) is 0 Å². The van der Waals surface area contributed by atoms with Crippen molar-refractivity contribution in [2.24, 2.45) is 0 Å². The van der Waals surface area contributed by atoms with Gasteiger partial charge in [-0.1, -0.05) is 0 Å². The number of rotatable bonds is 7. The molecule has 1 heterocycles. The maximum absolute atomic E-state index is 12.5. The van der Waals surface area contributed by atoms with E-state index in [1.54, 1.807) is 19.2 Å². The van der Waals surface area contributed by atoms with Gasteiger partial charge >= 0.3 is 6.03 Å². The van der Waals surface area contributed by atoms with Crippen molar-refractivity contribution in [1.29, 1.82) is 0 Å². The molecule has 0 atom stereocenters. The van der Waals surface area contributed by atoms with Crippen LogP contribution in [0.5, 0.6) is 5.75 Å². The third kappa shape index (κ3) is 5.94. The first-order valence-corrected chi connectivity index (χ1v) is 8.69. The van der Waals surface area contributed by atoms with E-state index in [1.165, 1.54) is 0 Å². The van der Waals surface area contributed by atoms with Crippen LogP contribution in [0.1, 0.15) is 30.1 Å². The molecule has 0 saturated carbocycles. The van der Waals surface area contributed by atoms with E-state index >= 15 is 0 Å². The van der Waals surface area contributed by atoms with Crippen LogP contribution in [0.2, 0.25) is 0 Å². The van der Waals surface area contributed by atoms with E-state index in [1.807, 2.05) is 24.0 Å². The van der Waals surface area contributed by atoms with Crippen LogP contribution in [0.4, 0.5) is 4.79 Å². The van der Waals surface area contributed by atoms with Crippen LogP contribution in [-0.2, 0) is 4.74 Å². The van der Waals surface area contributed by atoms with Gasteiger partial charge in [-0.15, -0.1) is 0 Å². The highest BCUT2D eigenvalue weighted by Crippen LogP contribution is 2.17. The standard InChI is InChI=1S/C18H27N3O4/c1-3-25-16-6-4-14(5-7-16)17(22)21-11-8-15(9-12-21)20-18(23)19-10-13-24-2/h4-7,15H,3,8-13H2,1-2H3,(H2,19,20,23). The van der Waals surface area contributed by atoms with Gasteiger partial charge in [0.2, 0.25) is 0 Å². The van der Waals surface area contributed by atoms with Gasteiger partial charge in [-0.05, 0) is 44.0 Å². The Labute approximate surface area is 148 Å². The SMILES string of the molecule is CCOc1ccc(C(=O)N2CCC(NC(=O)NCCOC)CC2)cc1. The molecule has 2 rings (SSSR count). The summed E-state index contributed by atoms with van der Waals surface area (Å²) in [5.41, 5.74) is 0.659. The highest BCUT2D eigenvalue weighted by molar-refractivity contribution is 5.94. The Bertz CT molecular complexity index is 554. The molecule has 0 spiro atoms. The van der Waals surface area contributed by atoms with Crippen molar-refractivity contribution in [2.75, 3.05) is 40.0 Å². The lowest BCUT2D eigenvalue weighted by Crippen LogP contribution is -2.49. The summed E-state index contributed by atoms with van der Waals surface area (Å²) in [4.78, 5) is 26.1. The lowest BCUT2D eigenvalue weighted by molar-refractivity contribution is 0.0708. The number of nitrogens with zero attached hydrogens (tertiary/aromatic N) is 1. The van der Waals surface area contributed by atoms with E-state index in [4.69, 9.17) is 9.47 Å². The summed E-state index contributed by atoms with van der Waals surface area (Å²) in [6.45, 7) is 4.77. The number of nitrogens with one attached hydrogen (secondary N) is 2. The Balaban J connectivity index is 1.77. The molecule has 1 aromatic carbocycles. The molecule has 0 aliphatic carbocycles. The molecule has 138 valence electrons. The van der Waals surface area contributed by atoms with Gasteiger partial charge in [-0.3, -0.25) is 4.79 Å². The minimum atomic E-state index is -0.187. The fourth-order valence-electron chi connectivity index (χ4n) is 2.77. The Morgan fingerprint density at radius 3 is 2.48 bits per heavy atom. The molecule has 0 unspecified atom stereocenters. The molecule has 1 fully saturated rings. The first-order valence-electron chi connectivity index (χ1n) is 8.69. The summed E-state index contributed by atoms with van der Waals surface area (Å²) in [5, 5.41) is 5.68. The number of carbonyl (C=O) groups is 2. The molecule has 7 heteroatoms. The van der Waals surface area contributed by atoms with Gasteiger partial charge in [-0.2, -0.15) is 0 Å². The Kier molecular flexibility index (Phi) is 7.53. The van der Waals surface area contributed by atoms with Crippen LogP contribution in [0.15, 0.2) is 24.3 Å². The van der Waals surface area contributed by atoms with Crippen LogP contribution in [-0.4, -0.2) is 62.8 Å². The average Bonchev–Trinajstić information content (AvgIpc) is 2.63. The maximum atomic E-state index is 12.5. The normalized spacial score (nSPS) is 14.9. The topological polar surface area (TPSA) is 79.9 Å². The van der Waals surface area contributed by atoms with Crippen molar-refractivity contribution in [3.05, 3.63) is 29.8 Å². The molecular formula is C18H27N3O4. The van der Waals surface area contributed by atoms with E-state index in [-0.39, 0.29) is 18.0 Å². The van der Waals surface area contributed by atoms with Gasteiger partial charge in [0.25, 0.3) is 5.91 Å². The number of methoxy groups -OCH3 is 1. The van der Waals surface area contributed by atoms with E-state index in [0.29, 0.717) is 38.4 Å². The first-order chi connectivity index (χ1) is 12.1. The second kappa shape index (κ2) is 9.88. The smallest absolute Gasteiger partial charge is 0.315 e. The third-order valence-electron chi connectivity index (χ3n) is 4.12. The van der Waals surface area contributed by atoms with E-state index in [2.05, 4.69) is 10.6 Å². The quantitative estimate of drug-likeness (QED) is 0.734. The molecule has 1 aromatic rings. The lowest BCUT2D eigenvalue weighted by Gasteiger charge is -2.32. The van der Waals surface area contributed by atoms with E-state index in [0.717, 1.165) is 18.6 Å². The highest BCUT2D eigenvalue weighted by atomic mass is 16.5. The number of urea groups is 1. The molecule has 2 N–H and O–H groups in total. The number of piperidine rings is 1. The molecule has 0 bridgehead atoms. The molecule has 7 nitrogen and oxygen atoms in total. The molecule has 1 aliphatic heterocycles. The molecule has 1 aliphatic rings. The summed E-state index contributed by atoms with van der Waals surface area (Å²) in [7, 11) is 1.59. The van der Waals surface area contributed by atoms with Crippen molar-refractivity contribution in [3.63, 3.8) is 0 Å². The van der Waals surface area contributed by atoms with Gasteiger partial charge < -0.3 is 25.0 Å². The van der Waals surface area contributed by atoms with Crippen molar-refractivity contribution in [2.45, 2.75) is 25.8 Å². The number of hydrogen-bond acceptors (Lipinski definition) is 4. The molecule has 25 heavy (non-hydrogen) atoms. The Morgan fingerprint density at radius 1 is 1.20 bits per heavy atom. The fraction of sp³-hybridized carbons (Fsp3) is 0.556. The summed E-state index contributed by atoms with van der Waals surface area (Å²) in [6, 6.07) is 7.12. The van der Waals surface area contributed by atoms with Gasteiger partial charge in [0, 0.05) is 38.3 Å². The number of likely N-dealkylation sites (tertiary alicyclic amines) is 1. The van der Waals surface area contributed by atoms with Crippen LogP contribution < -0.4 is 15.4 Å². The number of carbonyl (C=O) groups excluding carboxylic acids is 2. The van der Waals surface area contributed by atoms with Gasteiger partial charge in [0.1, 0.15) is 5.75 Å². The van der Waals surface area contributed by atoms with Gasteiger partial charge in [-0.25, -0.2) is 4.79 Å². The van der Waals surface area contributed by atoms with Crippen molar-refractivity contribution < 1.29 is 19.1 Å². The predicted octanol–water partition coefficient (Wildman–Crippen LogP) is 1.64. The second-order valence-electron chi connectivity index (χ2n) is 5.92. The highest BCUT2D eigenvalue weighted by Gasteiger charge is 2.24. The van der Waals surface area contributed by atoms with E-state index < -0.39 is 0 Å². The first kappa shape index (κ1) is 19.1. The minimum Gasteiger partial charge on any atom is -0.494 e. The summed E-state index contributed by atoms with van der Waals surface area (Å²) in [5.74, 6) is 0.785. The van der Waals surface area contributed by atoms with Crippen LogP contribution in [0, 0.1) is 0 Å². The fourth-order valence-corrected chi connectivity index (χ4v) is 2.77. The molecule has 3 amide bonds. The summed E-state index contributed by atoms with van der Waals surface area (Å²) >= 11 is 0. The molecular weight excluding hydrogens is 322 g/mol.